The van der Waals surface area contributed by atoms with Crippen LogP contribution in [0, 0.1) is 0 Å². The highest BCUT2D eigenvalue weighted by Gasteiger charge is 2.27. The van der Waals surface area contributed by atoms with Crippen molar-refractivity contribution in [1.29, 1.82) is 0 Å². The molecule has 2 aromatic heterocycles. The molecule has 0 aliphatic carbocycles. The van der Waals surface area contributed by atoms with Crippen molar-refractivity contribution in [2.75, 3.05) is 6.61 Å². The first-order valence-corrected chi connectivity index (χ1v) is 10.2. The van der Waals surface area contributed by atoms with Crippen molar-refractivity contribution in [3.8, 4) is 23.0 Å². The van der Waals surface area contributed by atoms with E-state index < -0.39 is 6.10 Å². The first kappa shape index (κ1) is 18.1. The maximum Gasteiger partial charge on any atom is 0.277 e. The maximum atomic E-state index is 6.02. The number of oxazole rings is 1. The standard InChI is InChI=1S/C20H14ClN3O4S/c21-13-5-3-4-12(8-13)18-22-14(9-26-18)11-29-20-24-23-19(28-20)17-10-25-15-6-1-2-7-16(15)27-17/h1-9,17H,10-11H2. The molecule has 2 aromatic carbocycles. The van der Waals surface area contributed by atoms with Crippen molar-refractivity contribution in [1.82, 2.24) is 15.2 Å². The molecule has 9 heteroatoms. The van der Waals surface area contributed by atoms with Crippen molar-refractivity contribution >= 4 is 23.4 Å². The number of thioether (sulfide) groups is 1. The van der Waals surface area contributed by atoms with Gasteiger partial charge in [0.2, 0.25) is 12.0 Å². The third kappa shape index (κ3) is 3.94. The van der Waals surface area contributed by atoms with Crippen LogP contribution in [-0.2, 0) is 5.75 Å². The van der Waals surface area contributed by atoms with Crippen molar-refractivity contribution in [2.45, 2.75) is 17.1 Å². The lowest BCUT2D eigenvalue weighted by atomic mass is 10.2. The van der Waals surface area contributed by atoms with Crippen LogP contribution in [0.1, 0.15) is 17.7 Å². The summed E-state index contributed by atoms with van der Waals surface area (Å²) in [6.45, 7) is 0.315. The molecule has 29 heavy (non-hydrogen) atoms. The molecule has 0 radical (unpaired) electrons. The number of aromatic nitrogens is 3. The highest BCUT2D eigenvalue weighted by molar-refractivity contribution is 7.98. The second-order valence-corrected chi connectivity index (χ2v) is 7.58. The van der Waals surface area contributed by atoms with Gasteiger partial charge in [-0.25, -0.2) is 4.98 Å². The Morgan fingerprint density at radius 1 is 1.07 bits per heavy atom. The first-order valence-electron chi connectivity index (χ1n) is 8.79. The predicted molar refractivity (Wildman–Crippen MR) is 106 cm³/mol. The Hall–Kier alpha value is -2.97. The Labute approximate surface area is 175 Å². The van der Waals surface area contributed by atoms with Crippen molar-refractivity contribution < 1.29 is 18.3 Å². The summed E-state index contributed by atoms with van der Waals surface area (Å²) in [5, 5.41) is 9.22. The van der Waals surface area contributed by atoms with Crippen LogP contribution in [0.2, 0.25) is 5.02 Å². The van der Waals surface area contributed by atoms with Crippen LogP contribution in [0.4, 0.5) is 0 Å². The summed E-state index contributed by atoms with van der Waals surface area (Å²) < 4.78 is 22.8. The molecule has 7 nitrogen and oxygen atoms in total. The third-order valence-corrected chi connectivity index (χ3v) is 5.26. The Morgan fingerprint density at radius 3 is 2.86 bits per heavy atom. The minimum atomic E-state index is -0.437. The summed E-state index contributed by atoms with van der Waals surface area (Å²) in [6, 6.07) is 14.8. The van der Waals surface area contributed by atoms with Gasteiger partial charge in [0, 0.05) is 16.3 Å². The molecule has 0 saturated carbocycles. The lowest BCUT2D eigenvalue weighted by molar-refractivity contribution is 0.0686. The predicted octanol–water partition coefficient (Wildman–Crippen LogP) is 5.18. The van der Waals surface area contributed by atoms with E-state index in [9.17, 15) is 0 Å². The van der Waals surface area contributed by atoms with E-state index in [1.54, 1.807) is 18.4 Å². The maximum absolute atomic E-state index is 6.02. The molecule has 0 saturated heterocycles. The number of rotatable bonds is 5. The molecule has 0 spiro atoms. The van der Waals surface area contributed by atoms with Crippen molar-refractivity contribution in [3.63, 3.8) is 0 Å². The normalized spacial score (nSPS) is 15.4. The molecule has 1 aliphatic heterocycles. The quantitative estimate of drug-likeness (QED) is 0.403. The zero-order chi connectivity index (χ0) is 19.6. The molecule has 0 amide bonds. The zero-order valence-electron chi connectivity index (χ0n) is 14.9. The number of benzene rings is 2. The average Bonchev–Trinajstić information content (AvgIpc) is 3.42. The van der Waals surface area contributed by atoms with E-state index in [1.807, 2.05) is 36.4 Å². The number of para-hydroxylation sites is 2. The van der Waals surface area contributed by atoms with Gasteiger partial charge in [-0.3, -0.25) is 0 Å². The molecular formula is C20H14ClN3O4S. The molecule has 3 heterocycles. The van der Waals surface area contributed by atoms with Gasteiger partial charge in [0.15, 0.2) is 11.5 Å². The largest absolute Gasteiger partial charge is 0.485 e. The fourth-order valence-corrected chi connectivity index (χ4v) is 3.65. The summed E-state index contributed by atoms with van der Waals surface area (Å²) in [5.41, 5.74) is 1.58. The van der Waals surface area contributed by atoms with E-state index in [4.69, 9.17) is 29.9 Å². The van der Waals surface area contributed by atoms with Crippen LogP contribution in [0.15, 0.2) is 68.9 Å². The number of halogens is 1. The Balaban J connectivity index is 1.23. The van der Waals surface area contributed by atoms with Crippen LogP contribution in [0.25, 0.3) is 11.5 Å². The van der Waals surface area contributed by atoms with E-state index in [0.717, 1.165) is 11.3 Å². The molecule has 1 aliphatic rings. The molecule has 146 valence electrons. The van der Waals surface area contributed by atoms with E-state index in [1.165, 1.54) is 11.8 Å². The van der Waals surface area contributed by atoms with Crippen LogP contribution >= 0.6 is 23.4 Å². The lowest BCUT2D eigenvalue weighted by Gasteiger charge is -2.23. The van der Waals surface area contributed by atoms with E-state index in [2.05, 4.69) is 15.2 Å². The number of nitrogens with zero attached hydrogens (tertiary/aromatic N) is 3. The first-order chi connectivity index (χ1) is 14.2. The summed E-state index contributed by atoms with van der Waals surface area (Å²) in [6.07, 6.45) is 1.17. The molecular weight excluding hydrogens is 414 g/mol. The number of ether oxygens (including phenoxy) is 2. The summed E-state index contributed by atoms with van der Waals surface area (Å²) in [5.74, 6) is 2.78. The minimum absolute atomic E-state index is 0.315. The summed E-state index contributed by atoms with van der Waals surface area (Å²) in [4.78, 5) is 4.48. The lowest BCUT2D eigenvalue weighted by Crippen LogP contribution is -2.21. The summed E-state index contributed by atoms with van der Waals surface area (Å²) >= 11 is 7.39. The van der Waals surface area contributed by atoms with E-state index >= 15 is 0 Å². The van der Waals surface area contributed by atoms with Crippen LogP contribution in [0.3, 0.4) is 0 Å². The highest BCUT2D eigenvalue weighted by atomic mass is 35.5. The zero-order valence-corrected chi connectivity index (χ0v) is 16.5. The molecule has 1 unspecified atom stereocenters. The smallest absolute Gasteiger partial charge is 0.277 e. The molecule has 4 aromatic rings. The Kier molecular flexibility index (Phi) is 4.87. The van der Waals surface area contributed by atoms with E-state index in [-0.39, 0.29) is 0 Å². The van der Waals surface area contributed by atoms with Gasteiger partial charge < -0.3 is 18.3 Å². The molecule has 0 N–H and O–H groups in total. The van der Waals surface area contributed by atoms with Gasteiger partial charge in [0.1, 0.15) is 12.9 Å². The second-order valence-electron chi connectivity index (χ2n) is 6.21. The second kappa shape index (κ2) is 7.81. The van der Waals surface area contributed by atoms with Crippen LogP contribution < -0.4 is 9.47 Å². The fraction of sp³-hybridized carbons (Fsp3) is 0.150. The molecule has 5 rings (SSSR count). The number of hydrogen-bond acceptors (Lipinski definition) is 8. The molecule has 0 bridgehead atoms. The van der Waals surface area contributed by atoms with Gasteiger partial charge in [0.05, 0.1) is 5.69 Å². The topological polar surface area (TPSA) is 83.4 Å². The minimum Gasteiger partial charge on any atom is -0.485 e. The van der Waals surface area contributed by atoms with Gasteiger partial charge in [-0.1, -0.05) is 41.6 Å². The van der Waals surface area contributed by atoms with Gasteiger partial charge >= 0.3 is 0 Å². The van der Waals surface area contributed by atoms with Crippen molar-refractivity contribution in [3.05, 3.63) is 71.4 Å². The van der Waals surface area contributed by atoms with Crippen LogP contribution in [0.5, 0.6) is 11.5 Å². The Morgan fingerprint density at radius 2 is 1.97 bits per heavy atom. The van der Waals surface area contributed by atoms with Gasteiger partial charge in [-0.05, 0) is 30.3 Å². The van der Waals surface area contributed by atoms with Crippen LogP contribution in [-0.4, -0.2) is 21.8 Å². The average molecular weight is 428 g/mol. The van der Waals surface area contributed by atoms with E-state index in [0.29, 0.717) is 45.9 Å². The fourth-order valence-electron chi connectivity index (χ4n) is 2.81. The monoisotopic (exact) mass is 427 g/mol. The Bertz CT molecular complexity index is 1150. The van der Waals surface area contributed by atoms with Crippen molar-refractivity contribution in [2.24, 2.45) is 0 Å². The molecule has 0 fully saturated rings. The van der Waals surface area contributed by atoms with Gasteiger partial charge in [-0.15, -0.1) is 10.2 Å². The third-order valence-electron chi connectivity index (χ3n) is 4.17. The number of fused-ring (bicyclic) bond motifs is 1. The van der Waals surface area contributed by atoms with Gasteiger partial charge in [0.25, 0.3) is 11.1 Å². The highest BCUT2D eigenvalue weighted by Crippen LogP contribution is 2.36. The van der Waals surface area contributed by atoms with Gasteiger partial charge in [-0.2, -0.15) is 0 Å². The summed E-state index contributed by atoms with van der Waals surface area (Å²) in [7, 11) is 0. The number of hydrogen-bond donors (Lipinski definition) is 0. The molecule has 1 atom stereocenters. The SMILES string of the molecule is Clc1cccc(-c2nc(CSc3nnc(C4COc5ccccc5O4)o3)co2)c1.